The highest BCUT2D eigenvalue weighted by Crippen LogP contribution is 2.37. The van der Waals surface area contributed by atoms with E-state index in [4.69, 9.17) is 14.3 Å². The van der Waals surface area contributed by atoms with E-state index in [-0.39, 0.29) is 22.5 Å². The first-order chi connectivity index (χ1) is 18.6. The smallest absolute Gasteiger partial charge is 0.338 e. The van der Waals surface area contributed by atoms with Crippen molar-refractivity contribution in [3.63, 3.8) is 0 Å². The second-order valence-corrected chi connectivity index (χ2v) is 14.6. The fourth-order valence-electron chi connectivity index (χ4n) is 3.82. The maximum Gasteiger partial charge on any atom is 0.338 e. The summed E-state index contributed by atoms with van der Waals surface area (Å²) in [6.07, 6.45) is 0.357. The Hall–Kier alpha value is -3.24. The lowest BCUT2D eigenvalue weighted by Crippen LogP contribution is -2.30. The molecule has 4 aromatic rings. The van der Waals surface area contributed by atoms with Crippen LogP contribution < -0.4 is 9.86 Å². The highest BCUT2D eigenvalue weighted by molar-refractivity contribution is 7.92. The maximum atomic E-state index is 13.3. The van der Waals surface area contributed by atoms with Gasteiger partial charge in [0.15, 0.2) is 15.1 Å². The number of esters is 1. The molecule has 15 heteroatoms. The van der Waals surface area contributed by atoms with Crippen LogP contribution in [0.15, 0.2) is 46.9 Å². The van der Waals surface area contributed by atoms with Crippen molar-refractivity contribution in [2.24, 2.45) is 5.14 Å². The third kappa shape index (κ3) is 7.28. The Labute approximate surface area is 236 Å². The molecule has 2 heterocycles. The molecule has 0 spiro atoms. The van der Waals surface area contributed by atoms with Gasteiger partial charge in [-0.3, -0.25) is 0 Å². The normalized spacial score (nSPS) is 13.4. The van der Waals surface area contributed by atoms with Gasteiger partial charge in [0.25, 0.3) is 10.2 Å². The van der Waals surface area contributed by atoms with Crippen LogP contribution in [0.1, 0.15) is 66.5 Å². The van der Waals surface area contributed by atoms with Crippen LogP contribution in [0.4, 0.5) is 0 Å². The van der Waals surface area contributed by atoms with Gasteiger partial charge in [-0.1, -0.05) is 25.1 Å². The summed E-state index contributed by atoms with van der Waals surface area (Å²) in [6, 6.07) is 12.5. The summed E-state index contributed by atoms with van der Waals surface area (Å²) in [6.45, 7) is 6.75. The number of carbonyl (C=O) groups excluding carboxylic acids is 1. The summed E-state index contributed by atoms with van der Waals surface area (Å²) in [7, 11) is -7.83. The van der Waals surface area contributed by atoms with Crippen LogP contribution in [-0.2, 0) is 31.3 Å². The SMILES string of the molecule is CCCS(=O)(=O)C(c1nnc(CNS(N)(=O)=O)o1)c1nc2ccc(-c3cccc(C(=O)OC(C)(C)C)c3)cc2s1. The zero-order chi connectivity index (χ0) is 29.3. The number of fused-ring (bicyclic) bond motifs is 1. The van der Waals surface area contributed by atoms with E-state index in [2.05, 4.69) is 15.2 Å². The van der Waals surface area contributed by atoms with E-state index >= 15 is 0 Å². The summed E-state index contributed by atoms with van der Waals surface area (Å²) < 4.78 is 62.7. The summed E-state index contributed by atoms with van der Waals surface area (Å²) in [5.41, 5.74) is 1.93. The molecule has 0 bridgehead atoms. The minimum Gasteiger partial charge on any atom is -0.456 e. The molecule has 0 saturated carbocycles. The molecule has 4 rings (SSSR count). The minimum absolute atomic E-state index is 0.144. The molecular formula is C25H29N5O7S3. The van der Waals surface area contributed by atoms with Gasteiger partial charge in [-0.15, -0.1) is 21.5 Å². The molecule has 214 valence electrons. The Morgan fingerprint density at radius 3 is 2.50 bits per heavy atom. The lowest BCUT2D eigenvalue weighted by Gasteiger charge is -2.19. The van der Waals surface area contributed by atoms with Crippen LogP contribution in [0.5, 0.6) is 0 Å². The number of carbonyl (C=O) groups is 1. The summed E-state index contributed by atoms with van der Waals surface area (Å²) >= 11 is 1.17. The Morgan fingerprint density at radius 1 is 1.10 bits per heavy atom. The third-order valence-corrected chi connectivity index (χ3v) is 9.34. The molecule has 1 unspecified atom stereocenters. The molecule has 0 aliphatic rings. The summed E-state index contributed by atoms with van der Waals surface area (Å²) in [5, 5.41) is 11.5. The molecule has 3 N–H and O–H groups in total. The molecule has 40 heavy (non-hydrogen) atoms. The quantitative estimate of drug-likeness (QED) is 0.253. The average molecular weight is 608 g/mol. The molecule has 2 aromatic carbocycles. The number of rotatable bonds is 10. The van der Waals surface area contributed by atoms with Gasteiger partial charge in [0, 0.05) is 0 Å². The number of benzene rings is 2. The molecular weight excluding hydrogens is 579 g/mol. The van der Waals surface area contributed by atoms with Crippen LogP contribution in [0.25, 0.3) is 21.3 Å². The van der Waals surface area contributed by atoms with Crippen LogP contribution in [0, 0.1) is 0 Å². The Kier molecular flexibility index (Phi) is 8.42. The van der Waals surface area contributed by atoms with Crippen LogP contribution >= 0.6 is 11.3 Å². The Bertz CT molecular complexity index is 1760. The van der Waals surface area contributed by atoms with Crippen LogP contribution in [0.3, 0.4) is 0 Å². The molecule has 12 nitrogen and oxygen atoms in total. The lowest BCUT2D eigenvalue weighted by atomic mass is 10.0. The first-order valence-corrected chi connectivity index (χ1v) is 16.3. The van der Waals surface area contributed by atoms with Crippen molar-refractivity contribution in [2.75, 3.05) is 5.75 Å². The first-order valence-electron chi connectivity index (χ1n) is 12.2. The van der Waals surface area contributed by atoms with Gasteiger partial charge in [0.2, 0.25) is 11.8 Å². The second kappa shape index (κ2) is 11.3. The first kappa shape index (κ1) is 29.7. The zero-order valence-electron chi connectivity index (χ0n) is 22.2. The fraction of sp³-hybridized carbons (Fsp3) is 0.360. The largest absolute Gasteiger partial charge is 0.456 e. The van der Waals surface area contributed by atoms with Gasteiger partial charge < -0.3 is 9.15 Å². The molecule has 0 aliphatic heterocycles. The number of thiazole rings is 1. The molecule has 0 aliphatic carbocycles. The number of hydrogen-bond acceptors (Lipinski definition) is 11. The Morgan fingerprint density at radius 2 is 1.82 bits per heavy atom. The standard InChI is InChI=1S/C25H29N5O7S3/c1-5-11-39(32,33)21(22-30-29-20(36-22)14-27-40(26,34)35)23-28-18-10-9-16(13-19(18)38-23)15-7-6-8-17(12-15)24(31)37-25(2,3)4/h6-10,12-13,21,27H,5,11,14H2,1-4H3,(H2,26,34,35). The van der Waals surface area contributed by atoms with Crippen molar-refractivity contribution >= 4 is 47.6 Å². The monoisotopic (exact) mass is 607 g/mol. The van der Waals surface area contributed by atoms with Gasteiger partial charge in [0.05, 0.1) is 28.1 Å². The molecule has 1 atom stereocenters. The van der Waals surface area contributed by atoms with E-state index in [1.807, 2.05) is 22.9 Å². The van der Waals surface area contributed by atoms with Gasteiger partial charge in [-0.05, 0) is 62.6 Å². The molecule has 0 fully saturated rings. The predicted octanol–water partition coefficient (Wildman–Crippen LogP) is 3.51. The fourth-order valence-corrected chi connectivity index (χ4v) is 7.28. The maximum absolute atomic E-state index is 13.3. The predicted molar refractivity (Wildman–Crippen MR) is 150 cm³/mol. The number of aromatic nitrogens is 3. The number of nitrogens with two attached hydrogens (primary N) is 1. The molecule has 2 aromatic heterocycles. The number of hydrogen-bond donors (Lipinski definition) is 2. The Balaban J connectivity index is 1.70. The van der Waals surface area contributed by atoms with E-state index in [9.17, 15) is 21.6 Å². The highest BCUT2D eigenvalue weighted by atomic mass is 32.2. The van der Waals surface area contributed by atoms with E-state index in [1.165, 1.54) is 11.3 Å². The number of ether oxygens (including phenoxy) is 1. The van der Waals surface area contributed by atoms with Crippen LogP contribution in [-0.4, -0.2) is 49.3 Å². The highest BCUT2D eigenvalue weighted by Gasteiger charge is 2.36. The second-order valence-electron chi connectivity index (χ2n) is 9.96. The van der Waals surface area contributed by atoms with Gasteiger partial charge in [0.1, 0.15) is 10.6 Å². The van der Waals surface area contributed by atoms with Crippen molar-refractivity contribution in [1.29, 1.82) is 0 Å². The summed E-state index contributed by atoms with van der Waals surface area (Å²) in [5.74, 6) is -0.945. The van der Waals surface area contributed by atoms with Gasteiger partial charge in [-0.25, -0.2) is 23.3 Å². The lowest BCUT2D eigenvalue weighted by molar-refractivity contribution is 0.00695. The van der Waals surface area contributed by atoms with Crippen molar-refractivity contribution in [1.82, 2.24) is 19.9 Å². The van der Waals surface area contributed by atoms with E-state index in [1.54, 1.807) is 52.0 Å². The average Bonchev–Trinajstić information content (AvgIpc) is 3.47. The minimum atomic E-state index is -4.01. The van der Waals surface area contributed by atoms with Gasteiger partial charge >= 0.3 is 5.97 Å². The molecule has 0 radical (unpaired) electrons. The van der Waals surface area contributed by atoms with Crippen molar-refractivity contribution in [2.45, 2.75) is 51.5 Å². The van der Waals surface area contributed by atoms with E-state index in [0.29, 0.717) is 22.2 Å². The van der Waals surface area contributed by atoms with Gasteiger partial charge in [-0.2, -0.15) is 13.1 Å². The number of nitrogens with one attached hydrogen (secondary N) is 1. The number of nitrogens with zero attached hydrogens (tertiary/aromatic N) is 3. The van der Waals surface area contributed by atoms with Crippen molar-refractivity contribution < 1.29 is 30.8 Å². The molecule has 0 amide bonds. The zero-order valence-corrected chi connectivity index (χ0v) is 24.7. The molecule has 0 saturated heterocycles. The third-order valence-electron chi connectivity index (χ3n) is 5.44. The summed E-state index contributed by atoms with van der Waals surface area (Å²) in [4.78, 5) is 17.1. The van der Waals surface area contributed by atoms with Crippen molar-refractivity contribution in [3.8, 4) is 11.1 Å². The topological polar surface area (TPSA) is 184 Å². The number of sulfone groups is 1. The van der Waals surface area contributed by atoms with E-state index < -0.39 is 43.4 Å². The van der Waals surface area contributed by atoms with Crippen molar-refractivity contribution in [3.05, 3.63) is 64.8 Å². The van der Waals surface area contributed by atoms with Crippen LogP contribution in [0.2, 0.25) is 0 Å². The van der Waals surface area contributed by atoms with E-state index in [0.717, 1.165) is 11.1 Å².